The molecule has 0 radical (unpaired) electrons. The first-order chi connectivity index (χ1) is 12.7. The number of fused-ring (bicyclic) bond motifs is 1. The fourth-order valence-corrected chi connectivity index (χ4v) is 3.88. The number of esters is 1. The normalized spacial score (nSPS) is 18.3. The van der Waals surface area contributed by atoms with Gasteiger partial charge in [0.1, 0.15) is 5.69 Å². The Morgan fingerprint density at radius 1 is 1.33 bits per heavy atom. The van der Waals surface area contributed by atoms with Crippen molar-refractivity contribution in [3.8, 4) is 0 Å². The van der Waals surface area contributed by atoms with Crippen LogP contribution in [0.3, 0.4) is 0 Å². The van der Waals surface area contributed by atoms with E-state index in [1.807, 2.05) is 32.0 Å². The number of aryl methyl sites for hydroxylation is 1. The van der Waals surface area contributed by atoms with Crippen LogP contribution in [0.5, 0.6) is 0 Å². The Morgan fingerprint density at radius 2 is 2.07 bits per heavy atom. The van der Waals surface area contributed by atoms with E-state index in [1.54, 1.807) is 0 Å². The first-order valence-corrected chi connectivity index (χ1v) is 9.47. The number of amides is 1. The summed E-state index contributed by atoms with van der Waals surface area (Å²) in [5.74, 6) is -0.605. The second-order valence-electron chi connectivity index (χ2n) is 8.32. The van der Waals surface area contributed by atoms with Crippen LogP contribution < -0.4 is 5.32 Å². The number of carbonyl (C=O) groups is 2. The highest BCUT2D eigenvalue weighted by atomic mass is 16.5. The van der Waals surface area contributed by atoms with E-state index < -0.39 is 5.97 Å². The van der Waals surface area contributed by atoms with Gasteiger partial charge in [0.05, 0.1) is 18.8 Å². The first-order valence-electron chi connectivity index (χ1n) is 9.47. The average Bonchev–Trinajstić information content (AvgIpc) is 2.97. The predicted octanol–water partition coefficient (Wildman–Crippen LogP) is 3.71. The van der Waals surface area contributed by atoms with Crippen molar-refractivity contribution < 1.29 is 14.3 Å². The highest BCUT2D eigenvalue weighted by Crippen LogP contribution is 2.31. The second-order valence-corrected chi connectivity index (χ2v) is 8.32. The molecule has 1 aromatic carbocycles. The van der Waals surface area contributed by atoms with Gasteiger partial charge in [-0.25, -0.2) is 4.79 Å². The summed E-state index contributed by atoms with van der Waals surface area (Å²) in [5, 5.41) is 3.80. The van der Waals surface area contributed by atoms with Crippen molar-refractivity contribution >= 4 is 28.5 Å². The van der Waals surface area contributed by atoms with Gasteiger partial charge in [0.2, 0.25) is 5.91 Å². The molecule has 0 aliphatic carbocycles. The molecule has 27 heavy (non-hydrogen) atoms. The molecule has 2 heterocycles. The van der Waals surface area contributed by atoms with Crippen LogP contribution in [0, 0.1) is 12.3 Å². The number of H-pyrrole nitrogens is 1. The number of anilines is 1. The number of hydrogen-bond acceptors (Lipinski definition) is 4. The van der Waals surface area contributed by atoms with Gasteiger partial charge < -0.3 is 15.0 Å². The lowest BCUT2D eigenvalue weighted by molar-refractivity contribution is -0.121. The number of carbonyl (C=O) groups excluding carboxylic acids is 2. The van der Waals surface area contributed by atoms with Crippen LogP contribution in [0.1, 0.15) is 49.7 Å². The molecular formula is C21H29N3O3. The molecule has 1 atom stereocenters. The number of benzene rings is 1. The van der Waals surface area contributed by atoms with Gasteiger partial charge in [-0.1, -0.05) is 25.5 Å². The second kappa shape index (κ2) is 7.35. The van der Waals surface area contributed by atoms with Gasteiger partial charge in [-0.2, -0.15) is 0 Å². The van der Waals surface area contributed by atoms with Gasteiger partial charge in [0.25, 0.3) is 0 Å². The smallest absolute Gasteiger partial charge is 0.356 e. The SMILES string of the molecule is COC(=O)c1[nH]c2ccc(C)cc2c1NC(=O)[C@@H](C)N1CCCC(C)(C)C1. The number of aromatic amines is 1. The predicted molar refractivity (Wildman–Crippen MR) is 107 cm³/mol. The molecule has 2 aromatic rings. The third kappa shape index (κ3) is 4.00. The van der Waals surface area contributed by atoms with Gasteiger partial charge in [-0.05, 0) is 50.8 Å². The third-order valence-corrected chi connectivity index (χ3v) is 5.45. The molecule has 0 unspecified atom stereocenters. The molecule has 1 aliphatic heterocycles. The van der Waals surface area contributed by atoms with Gasteiger partial charge >= 0.3 is 5.97 Å². The number of aromatic nitrogens is 1. The maximum atomic E-state index is 13.0. The molecule has 2 N–H and O–H groups in total. The molecule has 3 rings (SSSR count). The molecule has 1 saturated heterocycles. The van der Waals surface area contributed by atoms with Crippen molar-refractivity contribution in [1.82, 2.24) is 9.88 Å². The molecule has 1 aromatic heterocycles. The summed E-state index contributed by atoms with van der Waals surface area (Å²) in [5.41, 5.74) is 2.83. The average molecular weight is 371 g/mol. The fourth-order valence-electron chi connectivity index (χ4n) is 3.88. The summed E-state index contributed by atoms with van der Waals surface area (Å²) in [7, 11) is 1.34. The van der Waals surface area contributed by atoms with E-state index in [9.17, 15) is 9.59 Å². The molecule has 6 heteroatoms. The zero-order valence-electron chi connectivity index (χ0n) is 16.8. The zero-order valence-corrected chi connectivity index (χ0v) is 16.8. The number of hydrogen-bond donors (Lipinski definition) is 2. The Labute approximate surface area is 160 Å². The fraction of sp³-hybridized carbons (Fsp3) is 0.524. The number of likely N-dealkylation sites (tertiary alicyclic amines) is 1. The van der Waals surface area contributed by atoms with E-state index in [2.05, 4.69) is 29.0 Å². The highest BCUT2D eigenvalue weighted by Gasteiger charge is 2.32. The third-order valence-electron chi connectivity index (χ3n) is 5.45. The van der Waals surface area contributed by atoms with Gasteiger partial charge in [0, 0.05) is 17.4 Å². The van der Waals surface area contributed by atoms with E-state index in [0.29, 0.717) is 5.69 Å². The molecule has 1 aliphatic rings. The van der Waals surface area contributed by atoms with Crippen LogP contribution in [0.4, 0.5) is 5.69 Å². The largest absolute Gasteiger partial charge is 0.464 e. The van der Waals surface area contributed by atoms with Crippen molar-refractivity contribution in [3.05, 3.63) is 29.5 Å². The topological polar surface area (TPSA) is 74.4 Å². The van der Waals surface area contributed by atoms with Crippen LogP contribution in [0.25, 0.3) is 10.9 Å². The highest BCUT2D eigenvalue weighted by molar-refractivity contribution is 6.11. The summed E-state index contributed by atoms with van der Waals surface area (Å²) >= 11 is 0. The minimum Gasteiger partial charge on any atom is -0.464 e. The summed E-state index contributed by atoms with van der Waals surface area (Å²) < 4.78 is 4.89. The number of nitrogens with one attached hydrogen (secondary N) is 2. The zero-order chi connectivity index (χ0) is 19.8. The van der Waals surface area contributed by atoms with Crippen LogP contribution in [-0.4, -0.2) is 48.0 Å². The van der Waals surface area contributed by atoms with Crippen LogP contribution in [0.2, 0.25) is 0 Å². The molecule has 146 valence electrons. The summed E-state index contributed by atoms with van der Waals surface area (Å²) in [6, 6.07) is 5.56. The Bertz CT molecular complexity index is 869. The lowest BCUT2D eigenvalue weighted by atomic mass is 9.83. The molecule has 0 bridgehead atoms. The van der Waals surface area contributed by atoms with E-state index in [-0.39, 0.29) is 23.1 Å². The summed E-state index contributed by atoms with van der Waals surface area (Å²) in [6.45, 7) is 10.2. The lowest BCUT2D eigenvalue weighted by Crippen LogP contribution is -2.49. The number of rotatable bonds is 4. The minimum absolute atomic E-state index is 0.111. The first kappa shape index (κ1) is 19.4. The maximum Gasteiger partial charge on any atom is 0.356 e. The summed E-state index contributed by atoms with van der Waals surface area (Å²) in [4.78, 5) is 30.5. The van der Waals surface area contributed by atoms with Crippen molar-refractivity contribution in [3.63, 3.8) is 0 Å². The number of piperidine rings is 1. The van der Waals surface area contributed by atoms with E-state index in [4.69, 9.17) is 4.74 Å². The van der Waals surface area contributed by atoms with Crippen LogP contribution in [-0.2, 0) is 9.53 Å². The van der Waals surface area contributed by atoms with Crippen molar-refractivity contribution in [2.24, 2.45) is 5.41 Å². The Kier molecular flexibility index (Phi) is 5.29. The van der Waals surface area contributed by atoms with E-state index >= 15 is 0 Å². The quantitative estimate of drug-likeness (QED) is 0.804. The molecule has 6 nitrogen and oxygen atoms in total. The van der Waals surface area contributed by atoms with Crippen molar-refractivity contribution in [2.75, 3.05) is 25.5 Å². The van der Waals surface area contributed by atoms with Crippen molar-refractivity contribution in [1.29, 1.82) is 0 Å². The summed E-state index contributed by atoms with van der Waals surface area (Å²) in [6.07, 6.45) is 2.26. The number of nitrogens with zero attached hydrogens (tertiary/aromatic N) is 1. The molecule has 1 fully saturated rings. The lowest BCUT2D eigenvalue weighted by Gasteiger charge is -2.40. The Hall–Kier alpha value is -2.34. The molecular weight excluding hydrogens is 342 g/mol. The molecule has 1 amide bonds. The van der Waals surface area contributed by atoms with Gasteiger partial charge in [-0.3, -0.25) is 9.69 Å². The maximum absolute atomic E-state index is 13.0. The molecule has 0 saturated carbocycles. The van der Waals surface area contributed by atoms with Gasteiger partial charge in [0.15, 0.2) is 0 Å². The standard InChI is InChI=1S/C21H29N3O3/c1-13-7-8-16-15(11-13)17(18(22-16)20(26)27-5)23-19(25)14(2)24-10-6-9-21(3,4)12-24/h7-8,11,14,22H,6,9-10,12H2,1-5H3,(H,23,25)/t14-/m1/s1. The Morgan fingerprint density at radius 3 is 2.74 bits per heavy atom. The van der Waals surface area contributed by atoms with E-state index in [0.717, 1.165) is 36.0 Å². The van der Waals surface area contributed by atoms with Crippen molar-refractivity contribution in [2.45, 2.75) is 46.6 Å². The van der Waals surface area contributed by atoms with E-state index in [1.165, 1.54) is 13.5 Å². The molecule has 0 spiro atoms. The van der Waals surface area contributed by atoms with Crippen LogP contribution in [0.15, 0.2) is 18.2 Å². The monoisotopic (exact) mass is 371 g/mol. The number of methoxy groups -OCH3 is 1. The van der Waals surface area contributed by atoms with Gasteiger partial charge in [-0.15, -0.1) is 0 Å². The minimum atomic E-state index is -0.495. The Balaban J connectivity index is 1.89. The van der Waals surface area contributed by atoms with Crippen LogP contribution >= 0.6 is 0 Å². The number of ether oxygens (including phenoxy) is 1.